The third-order valence-corrected chi connectivity index (χ3v) is 4.75. The second-order valence-electron chi connectivity index (χ2n) is 7.34. The van der Waals surface area contributed by atoms with Crippen molar-refractivity contribution in [3.63, 3.8) is 0 Å². The van der Waals surface area contributed by atoms with E-state index in [9.17, 15) is 0 Å². The molecule has 0 aromatic carbocycles. The molecule has 0 saturated carbocycles. The molecule has 1 aliphatic heterocycles. The molecule has 1 saturated heterocycles. The van der Waals surface area contributed by atoms with Crippen molar-refractivity contribution in [1.29, 1.82) is 0 Å². The molecule has 5 nitrogen and oxygen atoms in total. The summed E-state index contributed by atoms with van der Waals surface area (Å²) in [4.78, 5) is 7.32. The fourth-order valence-corrected chi connectivity index (χ4v) is 3.20. The molecule has 1 fully saturated rings. The Hall–Kier alpha value is -0.0800. The summed E-state index contributed by atoms with van der Waals surface area (Å²) in [5.74, 6) is 1.50. The topological polar surface area (TPSA) is 48.9 Å². The number of aliphatic imine (C=N–C) groups is 1. The summed E-state index contributed by atoms with van der Waals surface area (Å²) >= 11 is 0. The van der Waals surface area contributed by atoms with Crippen LogP contribution in [-0.4, -0.2) is 61.8 Å². The molecule has 6 heteroatoms. The third kappa shape index (κ3) is 9.99. The fourth-order valence-electron chi connectivity index (χ4n) is 3.20. The molecule has 2 N–H and O–H groups in total. The van der Waals surface area contributed by atoms with Gasteiger partial charge in [0, 0.05) is 44.9 Å². The second kappa shape index (κ2) is 14.0. The largest absolute Gasteiger partial charge is 0.378 e. The van der Waals surface area contributed by atoms with E-state index in [-0.39, 0.29) is 24.0 Å². The average Bonchev–Trinajstić information content (AvgIpc) is 2.54. The predicted molar refractivity (Wildman–Crippen MR) is 119 cm³/mol. The maximum absolute atomic E-state index is 5.81. The normalized spacial score (nSPS) is 18.3. The van der Waals surface area contributed by atoms with E-state index in [1.165, 1.54) is 25.9 Å². The highest BCUT2D eigenvalue weighted by molar-refractivity contribution is 14.0. The van der Waals surface area contributed by atoms with Crippen molar-refractivity contribution in [2.45, 2.75) is 79.0 Å². The van der Waals surface area contributed by atoms with E-state index in [1.807, 2.05) is 0 Å². The highest BCUT2D eigenvalue weighted by Gasteiger charge is 2.21. The SMILES string of the molecule is CCNC(=NCCC(OCC)C(C)C)NC1CCN(C(C)C)CC1.I. The molecular weight excluding hydrogens is 427 g/mol. The van der Waals surface area contributed by atoms with E-state index in [1.54, 1.807) is 0 Å². The number of nitrogens with one attached hydrogen (secondary N) is 2. The van der Waals surface area contributed by atoms with Gasteiger partial charge in [0.15, 0.2) is 5.96 Å². The van der Waals surface area contributed by atoms with E-state index in [2.05, 4.69) is 57.1 Å². The summed E-state index contributed by atoms with van der Waals surface area (Å²) in [5, 5.41) is 7.01. The number of nitrogens with zero attached hydrogens (tertiary/aromatic N) is 2. The van der Waals surface area contributed by atoms with E-state index >= 15 is 0 Å². The molecule has 1 aliphatic rings. The van der Waals surface area contributed by atoms with Gasteiger partial charge in [-0.3, -0.25) is 4.99 Å². The van der Waals surface area contributed by atoms with Crippen LogP contribution in [-0.2, 0) is 4.74 Å². The van der Waals surface area contributed by atoms with Gasteiger partial charge in [0.25, 0.3) is 0 Å². The van der Waals surface area contributed by atoms with Crippen molar-refractivity contribution in [2.75, 3.05) is 32.8 Å². The van der Waals surface area contributed by atoms with Gasteiger partial charge in [-0.25, -0.2) is 0 Å². The van der Waals surface area contributed by atoms with Crippen molar-refractivity contribution >= 4 is 29.9 Å². The van der Waals surface area contributed by atoms with Crippen molar-refractivity contribution in [3.05, 3.63) is 0 Å². The minimum absolute atomic E-state index is 0. The van der Waals surface area contributed by atoms with Crippen LogP contribution in [0.2, 0.25) is 0 Å². The highest BCUT2D eigenvalue weighted by Crippen LogP contribution is 2.13. The van der Waals surface area contributed by atoms with Gasteiger partial charge in [-0.2, -0.15) is 0 Å². The minimum atomic E-state index is 0. The minimum Gasteiger partial charge on any atom is -0.378 e. The summed E-state index contributed by atoms with van der Waals surface area (Å²) in [6.45, 7) is 18.0. The van der Waals surface area contributed by atoms with Gasteiger partial charge in [-0.05, 0) is 52.9 Å². The Balaban J connectivity index is 0.00000576. The Kier molecular flexibility index (Phi) is 14.0. The molecule has 0 spiro atoms. The number of guanidine groups is 1. The maximum Gasteiger partial charge on any atom is 0.191 e. The number of likely N-dealkylation sites (tertiary alicyclic amines) is 1. The third-order valence-electron chi connectivity index (χ3n) is 4.75. The zero-order chi connectivity index (χ0) is 17.9. The van der Waals surface area contributed by atoms with Gasteiger partial charge in [-0.1, -0.05) is 13.8 Å². The average molecular weight is 468 g/mol. The Morgan fingerprint density at radius 2 is 1.80 bits per heavy atom. The number of hydrogen-bond acceptors (Lipinski definition) is 3. The maximum atomic E-state index is 5.81. The molecule has 1 atom stereocenters. The van der Waals surface area contributed by atoms with Crippen LogP contribution < -0.4 is 10.6 Å². The standard InChI is InChI=1S/C19H40N4O.HI/c1-7-20-19(21-12-9-18(15(3)4)24-8-2)22-17-10-13-23(14-11-17)16(5)6;/h15-18H,7-14H2,1-6H3,(H2,20,21,22);1H. The lowest BCUT2D eigenvalue weighted by Crippen LogP contribution is -2.49. The van der Waals surface area contributed by atoms with Gasteiger partial charge < -0.3 is 20.3 Å². The van der Waals surface area contributed by atoms with Crippen LogP contribution in [0, 0.1) is 5.92 Å². The lowest BCUT2D eigenvalue weighted by molar-refractivity contribution is 0.0266. The highest BCUT2D eigenvalue weighted by atomic mass is 127. The lowest BCUT2D eigenvalue weighted by Gasteiger charge is -2.35. The number of halogens is 1. The lowest BCUT2D eigenvalue weighted by atomic mass is 10.0. The zero-order valence-corrected chi connectivity index (χ0v) is 19.5. The molecule has 0 aliphatic carbocycles. The molecule has 1 unspecified atom stereocenters. The summed E-state index contributed by atoms with van der Waals surface area (Å²) in [6.07, 6.45) is 3.66. The Morgan fingerprint density at radius 1 is 1.16 bits per heavy atom. The summed E-state index contributed by atoms with van der Waals surface area (Å²) in [7, 11) is 0. The molecule has 1 heterocycles. The van der Waals surface area contributed by atoms with Crippen LogP contribution in [0.25, 0.3) is 0 Å². The van der Waals surface area contributed by atoms with E-state index in [0.717, 1.165) is 32.1 Å². The van der Waals surface area contributed by atoms with Crippen molar-refractivity contribution in [1.82, 2.24) is 15.5 Å². The summed E-state index contributed by atoms with van der Waals surface area (Å²) < 4.78 is 5.81. The van der Waals surface area contributed by atoms with Crippen LogP contribution in [0.3, 0.4) is 0 Å². The first-order chi connectivity index (χ1) is 11.5. The van der Waals surface area contributed by atoms with Crippen LogP contribution >= 0.6 is 24.0 Å². The molecule has 150 valence electrons. The van der Waals surface area contributed by atoms with Crippen LogP contribution in [0.5, 0.6) is 0 Å². The van der Waals surface area contributed by atoms with Crippen LogP contribution in [0.1, 0.15) is 60.8 Å². The molecule has 0 amide bonds. The van der Waals surface area contributed by atoms with Crippen LogP contribution in [0.4, 0.5) is 0 Å². The number of piperidine rings is 1. The molecule has 0 aromatic rings. The first kappa shape index (κ1) is 24.9. The molecule has 1 rings (SSSR count). The Morgan fingerprint density at radius 3 is 2.28 bits per heavy atom. The molecule has 0 aromatic heterocycles. The Bertz CT molecular complexity index is 355. The number of rotatable bonds is 9. The zero-order valence-electron chi connectivity index (χ0n) is 17.2. The van der Waals surface area contributed by atoms with Gasteiger partial charge in [0.2, 0.25) is 0 Å². The van der Waals surface area contributed by atoms with Crippen molar-refractivity contribution in [3.8, 4) is 0 Å². The van der Waals surface area contributed by atoms with Gasteiger partial charge in [0.05, 0.1) is 6.10 Å². The van der Waals surface area contributed by atoms with E-state index in [0.29, 0.717) is 24.1 Å². The quantitative estimate of drug-likeness (QED) is 0.309. The molecule has 25 heavy (non-hydrogen) atoms. The number of ether oxygens (including phenoxy) is 1. The molecule has 0 bridgehead atoms. The monoisotopic (exact) mass is 468 g/mol. The van der Waals surface area contributed by atoms with Crippen molar-refractivity contribution in [2.24, 2.45) is 10.9 Å². The Labute approximate surface area is 172 Å². The predicted octanol–water partition coefficient (Wildman–Crippen LogP) is 3.48. The van der Waals surface area contributed by atoms with Gasteiger partial charge >= 0.3 is 0 Å². The molecule has 0 radical (unpaired) electrons. The van der Waals surface area contributed by atoms with Crippen LogP contribution in [0.15, 0.2) is 4.99 Å². The van der Waals surface area contributed by atoms with Crippen molar-refractivity contribution < 1.29 is 4.74 Å². The fraction of sp³-hybridized carbons (Fsp3) is 0.947. The first-order valence-electron chi connectivity index (χ1n) is 9.88. The van der Waals surface area contributed by atoms with E-state index < -0.39 is 0 Å². The van der Waals surface area contributed by atoms with E-state index in [4.69, 9.17) is 9.73 Å². The smallest absolute Gasteiger partial charge is 0.191 e. The number of hydrogen-bond donors (Lipinski definition) is 2. The van der Waals surface area contributed by atoms with Gasteiger partial charge in [-0.15, -0.1) is 24.0 Å². The second-order valence-corrected chi connectivity index (χ2v) is 7.34. The first-order valence-corrected chi connectivity index (χ1v) is 9.88. The van der Waals surface area contributed by atoms with Gasteiger partial charge in [0.1, 0.15) is 0 Å². The molecular formula is C19H41IN4O. The summed E-state index contributed by atoms with van der Waals surface area (Å²) in [6, 6.07) is 1.19. The summed E-state index contributed by atoms with van der Waals surface area (Å²) in [5.41, 5.74) is 0.